The van der Waals surface area contributed by atoms with Crippen molar-refractivity contribution in [2.24, 2.45) is 0 Å². The van der Waals surface area contributed by atoms with E-state index in [2.05, 4.69) is 5.32 Å². The number of piperidine rings is 1. The van der Waals surface area contributed by atoms with Crippen LogP contribution in [0, 0.1) is 11.6 Å². The first-order valence-electron chi connectivity index (χ1n) is 6.03. The number of halogens is 3. The standard InChI is InChI=1S/C13H16F2N2O.ClH/c1-16-10-3-2-6-17(8-10)13(18)11-5-4-9(14)7-12(11)15;/h4-5,7,10,16H,2-3,6,8H2,1H3;1H/t10-;/m1./s1. The molecule has 0 aliphatic carbocycles. The first kappa shape index (κ1) is 15.9. The summed E-state index contributed by atoms with van der Waals surface area (Å²) < 4.78 is 26.3. The fourth-order valence-electron chi connectivity index (χ4n) is 2.23. The number of nitrogens with zero attached hydrogens (tertiary/aromatic N) is 1. The van der Waals surface area contributed by atoms with E-state index in [0.717, 1.165) is 25.0 Å². The van der Waals surface area contributed by atoms with Crippen LogP contribution in [0.25, 0.3) is 0 Å². The molecule has 1 N–H and O–H groups in total. The number of hydrogen-bond donors (Lipinski definition) is 1. The monoisotopic (exact) mass is 290 g/mol. The van der Waals surface area contributed by atoms with Crippen molar-refractivity contribution >= 4 is 18.3 Å². The van der Waals surface area contributed by atoms with E-state index in [1.54, 1.807) is 4.90 Å². The third kappa shape index (κ3) is 3.64. The summed E-state index contributed by atoms with van der Waals surface area (Å²) in [5.74, 6) is -1.84. The molecule has 0 bridgehead atoms. The molecule has 1 saturated heterocycles. The number of nitrogens with one attached hydrogen (secondary N) is 1. The average molecular weight is 291 g/mol. The Labute approximate surface area is 117 Å². The molecule has 1 aliphatic heterocycles. The molecule has 6 heteroatoms. The Bertz CT molecular complexity index is 456. The maximum absolute atomic E-state index is 13.5. The topological polar surface area (TPSA) is 32.3 Å². The fourth-order valence-corrected chi connectivity index (χ4v) is 2.23. The second-order valence-corrected chi connectivity index (χ2v) is 4.50. The van der Waals surface area contributed by atoms with Crippen LogP contribution in [0.4, 0.5) is 8.78 Å². The lowest BCUT2D eigenvalue weighted by molar-refractivity contribution is 0.0693. The lowest BCUT2D eigenvalue weighted by Crippen LogP contribution is -2.47. The average Bonchev–Trinajstić information content (AvgIpc) is 2.38. The van der Waals surface area contributed by atoms with Gasteiger partial charge in [0.2, 0.25) is 0 Å². The molecule has 1 aromatic rings. The van der Waals surface area contributed by atoms with Crippen LogP contribution in [0.3, 0.4) is 0 Å². The van der Waals surface area contributed by atoms with Gasteiger partial charge in [-0.1, -0.05) is 0 Å². The van der Waals surface area contributed by atoms with E-state index in [9.17, 15) is 13.6 Å². The minimum atomic E-state index is -0.799. The Kier molecular flexibility index (Phi) is 5.69. The van der Waals surface area contributed by atoms with E-state index >= 15 is 0 Å². The summed E-state index contributed by atoms with van der Waals surface area (Å²) in [6.07, 6.45) is 1.90. The summed E-state index contributed by atoms with van der Waals surface area (Å²) in [5.41, 5.74) is -0.0619. The van der Waals surface area contributed by atoms with Crippen molar-refractivity contribution in [1.82, 2.24) is 10.2 Å². The molecule has 1 aliphatic rings. The second kappa shape index (κ2) is 6.82. The van der Waals surface area contributed by atoms with Gasteiger partial charge in [-0.2, -0.15) is 0 Å². The number of rotatable bonds is 2. The van der Waals surface area contributed by atoms with Crippen molar-refractivity contribution in [2.45, 2.75) is 18.9 Å². The Balaban J connectivity index is 0.00000180. The van der Waals surface area contributed by atoms with Gasteiger partial charge >= 0.3 is 0 Å². The smallest absolute Gasteiger partial charge is 0.256 e. The van der Waals surface area contributed by atoms with Crippen molar-refractivity contribution < 1.29 is 13.6 Å². The number of likely N-dealkylation sites (N-methyl/N-ethyl adjacent to an activating group) is 1. The van der Waals surface area contributed by atoms with Gasteiger partial charge in [0.15, 0.2) is 0 Å². The minimum absolute atomic E-state index is 0. The van der Waals surface area contributed by atoms with Crippen molar-refractivity contribution in [3.05, 3.63) is 35.4 Å². The molecular formula is C13H17ClF2N2O. The quantitative estimate of drug-likeness (QED) is 0.906. The van der Waals surface area contributed by atoms with Gasteiger partial charge in [-0.25, -0.2) is 8.78 Å². The van der Waals surface area contributed by atoms with Gasteiger partial charge in [0, 0.05) is 25.2 Å². The summed E-state index contributed by atoms with van der Waals surface area (Å²) >= 11 is 0. The molecule has 106 valence electrons. The highest BCUT2D eigenvalue weighted by Crippen LogP contribution is 2.16. The SMILES string of the molecule is CN[C@@H]1CCCN(C(=O)c2ccc(F)cc2F)C1.Cl. The Morgan fingerprint density at radius 1 is 1.42 bits per heavy atom. The normalized spacial score (nSPS) is 18.9. The zero-order valence-corrected chi connectivity index (χ0v) is 11.5. The van der Waals surface area contributed by atoms with E-state index < -0.39 is 11.6 Å². The predicted molar refractivity (Wildman–Crippen MR) is 71.6 cm³/mol. The fraction of sp³-hybridized carbons (Fsp3) is 0.462. The molecule has 0 saturated carbocycles. The van der Waals surface area contributed by atoms with Gasteiger partial charge in [0.05, 0.1) is 5.56 Å². The summed E-state index contributed by atoms with van der Waals surface area (Å²) in [5, 5.41) is 3.12. The summed E-state index contributed by atoms with van der Waals surface area (Å²) in [4.78, 5) is 13.7. The Morgan fingerprint density at radius 3 is 2.79 bits per heavy atom. The number of likely N-dealkylation sites (tertiary alicyclic amines) is 1. The molecule has 0 unspecified atom stereocenters. The van der Waals surface area contributed by atoms with Crippen LogP contribution in [0.1, 0.15) is 23.2 Å². The Hall–Kier alpha value is -1.20. The first-order valence-corrected chi connectivity index (χ1v) is 6.03. The van der Waals surface area contributed by atoms with Crippen molar-refractivity contribution in [1.29, 1.82) is 0 Å². The van der Waals surface area contributed by atoms with Crippen LogP contribution in [0.2, 0.25) is 0 Å². The van der Waals surface area contributed by atoms with Gasteiger partial charge in [-0.3, -0.25) is 4.79 Å². The van der Waals surface area contributed by atoms with Crippen LogP contribution < -0.4 is 5.32 Å². The molecule has 0 spiro atoms. The van der Waals surface area contributed by atoms with Crippen molar-refractivity contribution in [2.75, 3.05) is 20.1 Å². The van der Waals surface area contributed by atoms with E-state index in [-0.39, 0.29) is 29.9 Å². The highest BCUT2D eigenvalue weighted by Gasteiger charge is 2.25. The molecule has 3 nitrogen and oxygen atoms in total. The van der Waals surface area contributed by atoms with Crippen LogP contribution in [-0.2, 0) is 0 Å². The molecule has 0 radical (unpaired) electrons. The second-order valence-electron chi connectivity index (χ2n) is 4.50. The summed E-state index contributed by atoms with van der Waals surface area (Å²) in [6, 6.07) is 3.30. The van der Waals surface area contributed by atoms with Crippen molar-refractivity contribution in [3.8, 4) is 0 Å². The summed E-state index contributed by atoms with van der Waals surface area (Å²) in [7, 11) is 1.84. The maximum atomic E-state index is 13.5. The molecule has 1 aromatic carbocycles. The molecule has 1 amide bonds. The van der Waals surface area contributed by atoms with Crippen LogP contribution >= 0.6 is 12.4 Å². The minimum Gasteiger partial charge on any atom is -0.337 e. The third-order valence-corrected chi connectivity index (χ3v) is 3.28. The molecule has 0 aromatic heterocycles. The van der Waals surface area contributed by atoms with E-state index in [4.69, 9.17) is 0 Å². The van der Waals surface area contributed by atoms with Crippen LogP contribution in [-0.4, -0.2) is 37.0 Å². The van der Waals surface area contributed by atoms with Gasteiger partial charge in [-0.15, -0.1) is 12.4 Å². The van der Waals surface area contributed by atoms with E-state index in [1.807, 2.05) is 7.05 Å². The number of amides is 1. The third-order valence-electron chi connectivity index (χ3n) is 3.28. The number of hydrogen-bond acceptors (Lipinski definition) is 2. The number of benzene rings is 1. The summed E-state index contributed by atoms with van der Waals surface area (Å²) in [6.45, 7) is 1.18. The lowest BCUT2D eigenvalue weighted by Gasteiger charge is -2.32. The Morgan fingerprint density at radius 2 is 2.16 bits per heavy atom. The largest absolute Gasteiger partial charge is 0.337 e. The molecule has 1 heterocycles. The van der Waals surface area contributed by atoms with Gasteiger partial charge in [0.25, 0.3) is 5.91 Å². The van der Waals surface area contributed by atoms with E-state index in [1.165, 1.54) is 6.07 Å². The molecule has 1 fully saturated rings. The van der Waals surface area contributed by atoms with E-state index in [0.29, 0.717) is 13.1 Å². The predicted octanol–water partition coefficient (Wildman–Crippen LogP) is 2.21. The highest BCUT2D eigenvalue weighted by atomic mass is 35.5. The number of carbonyl (C=O) groups excluding carboxylic acids is 1. The zero-order chi connectivity index (χ0) is 13.1. The zero-order valence-electron chi connectivity index (χ0n) is 10.7. The lowest BCUT2D eigenvalue weighted by atomic mass is 10.0. The van der Waals surface area contributed by atoms with Gasteiger partial charge in [-0.05, 0) is 32.0 Å². The number of carbonyl (C=O) groups is 1. The molecular weight excluding hydrogens is 274 g/mol. The molecule has 19 heavy (non-hydrogen) atoms. The molecule has 1 atom stereocenters. The maximum Gasteiger partial charge on any atom is 0.256 e. The highest BCUT2D eigenvalue weighted by molar-refractivity contribution is 5.94. The van der Waals surface area contributed by atoms with Crippen LogP contribution in [0.5, 0.6) is 0 Å². The molecule has 2 rings (SSSR count). The van der Waals surface area contributed by atoms with Gasteiger partial charge < -0.3 is 10.2 Å². The first-order chi connectivity index (χ1) is 8.61. The van der Waals surface area contributed by atoms with Gasteiger partial charge in [0.1, 0.15) is 11.6 Å². The van der Waals surface area contributed by atoms with Crippen molar-refractivity contribution in [3.63, 3.8) is 0 Å². The van der Waals surface area contributed by atoms with Crippen LogP contribution in [0.15, 0.2) is 18.2 Å².